The highest BCUT2D eigenvalue weighted by Gasteiger charge is 1.94. The topological polar surface area (TPSA) is 62.8 Å². The number of nitrogens with one attached hydrogen (secondary N) is 1. The van der Waals surface area contributed by atoms with Crippen LogP contribution in [0.4, 0.5) is 0 Å². The van der Waals surface area contributed by atoms with E-state index in [0.717, 1.165) is 11.1 Å². The van der Waals surface area contributed by atoms with E-state index in [1.165, 1.54) is 0 Å². The van der Waals surface area contributed by atoms with Crippen molar-refractivity contribution in [3.8, 4) is 0 Å². The molecule has 128 valence electrons. The number of allylic oxidation sites excluding steroid dienone is 2. The fraction of sp³-hybridized carbons (Fsp3) is 0.0526. The van der Waals surface area contributed by atoms with E-state index < -0.39 is 0 Å². The minimum atomic E-state index is 0.234. The van der Waals surface area contributed by atoms with Gasteiger partial charge in [-0.1, -0.05) is 59.6 Å². The SMILES string of the molecule is CN=C(N)NN=C(C=Cc1ccc(Cl)cc1)C=Cc1ccc(Cl)cc1. The van der Waals surface area contributed by atoms with Crippen LogP contribution < -0.4 is 11.2 Å². The Kier molecular flexibility index (Phi) is 7.26. The van der Waals surface area contributed by atoms with Gasteiger partial charge < -0.3 is 5.73 Å². The zero-order chi connectivity index (χ0) is 18.1. The molecular weight excluding hydrogens is 355 g/mol. The van der Waals surface area contributed by atoms with E-state index in [1.54, 1.807) is 7.05 Å². The summed E-state index contributed by atoms with van der Waals surface area (Å²) in [5.74, 6) is 0.234. The molecule has 25 heavy (non-hydrogen) atoms. The van der Waals surface area contributed by atoms with Gasteiger partial charge in [0.15, 0.2) is 0 Å². The maximum absolute atomic E-state index is 5.90. The van der Waals surface area contributed by atoms with Crippen LogP contribution in [-0.2, 0) is 0 Å². The van der Waals surface area contributed by atoms with Crippen molar-refractivity contribution in [3.05, 3.63) is 81.9 Å². The van der Waals surface area contributed by atoms with Crippen molar-refractivity contribution in [2.45, 2.75) is 0 Å². The summed E-state index contributed by atoms with van der Waals surface area (Å²) in [6.07, 6.45) is 7.60. The smallest absolute Gasteiger partial charge is 0.209 e. The summed E-state index contributed by atoms with van der Waals surface area (Å²) in [7, 11) is 1.59. The Morgan fingerprint density at radius 3 is 1.72 bits per heavy atom. The third kappa shape index (κ3) is 6.83. The van der Waals surface area contributed by atoms with Gasteiger partial charge in [0.1, 0.15) is 0 Å². The molecule has 0 aliphatic rings. The molecule has 0 aliphatic carbocycles. The number of nitrogens with two attached hydrogens (primary N) is 1. The lowest BCUT2D eigenvalue weighted by Crippen LogP contribution is -2.27. The van der Waals surface area contributed by atoms with Crippen LogP contribution >= 0.6 is 23.2 Å². The molecule has 0 spiro atoms. The minimum absolute atomic E-state index is 0.234. The van der Waals surface area contributed by atoms with Crippen molar-refractivity contribution in [1.29, 1.82) is 0 Å². The molecule has 2 rings (SSSR count). The van der Waals surface area contributed by atoms with Crippen LogP contribution in [0.2, 0.25) is 10.0 Å². The summed E-state index contributed by atoms with van der Waals surface area (Å²) in [6.45, 7) is 0. The number of guanidine groups is 1. The van der Waals surface area contributed by atoms with E-state index in [0.29, 0.717) is 15.8 Å². The van der Waals surface area contributed by atoms with Crippen LogP contribution in [0.1, 0.15) is 11.1 Å². The molecule has 0 radical (unpaired) electrons. The molecule has 6 heteroatoms. The summed E-state index contributed by atoms with van der Waals surface area (Å²) in [5, 5.41) is 5.64. The van der Waals surface area contributed by atoms with Crippen molar-refractivity contribution in [2.75, 3.05) is 7.05 Å². The average molecular weight is 373 g/mol. The van der Waals surface area contributed by atoms with Crippen LogP contribution in [0.25, 0.3) is 12.2 Å². The average Bonchev–Trinajstić information content (AvgIpc) is 2.63. The maximum Gasteiger partial charge on any atom is 0.209 e. The zero-order valence-corrected chi connectivity index (χ0v) is 15.2. The molecule has 0 fully saturated rings. The van der Waals surface area contributed by atoms with Gasteiger partial charge in [0.2, 0.25) is 5.96 Å². The second kappa shape index (κ2) is 9.67. The van der Waals surface area contributed by atoms with E-state index in [4.69, 9.17) is 28.9 Å². The number of hydrazone groups is 1. The van der Waals surface area contributed by atoms with Crippen molar-refractivity contribution in [1.82, 2.24) is 5.43 Å². The van der Waals surface area contributed by atoms with Crippen molar-refractivity contribution < 1.29 is 0 Å². The number of hydrogen-bond donors (Lipinski definition) is 2. The molecular formula is C19H18Cl2N4. The van der Waals surface area contributed by atoms with Gasteiger partial charge in [0, 0.05) is 17.1 Å². The van der Waals surface area contributed by atoms with Crippen molar-refractivity contribution in [2.24, 2.45) is 15.8 Å². The molecule has 0 atom stereocenters. The van der Waals surface area contributed by atoms with Crippen LogP contribution in [0, 0.1) is 0 Å². The summed E-state index contributed by atoms with van der Waals surface area (Å²) in [5.41, 5.74) is 11.0. The van der Waals surface area contributed by atoms with Gasteiger partial charge >= 0.3 is 0 Å². The lowest BCUT2D eigenvalue weighted by molar-refractivity contribution is 1.00. The maximum atomic E-state index is 5.90. The van der Waals surface area contributed by atoms with Gasteiger partial charge in [0.05, 0.1) is 5.71 Å². The lowest BCUT2D eigenvalue weighted by atomic mass is 10.1. The molecule has 0 saturated carbocycles. The van der Waals surface area contributed by atoms with E-state index in [9.17, 15) is 0 Å². The number of rotatable bonds is 5. The Labute approximate surface area is 157 Å². The third-order valence-corrected chi connectivity index (χ3v) is 3.68. The van der Waals surface area contributed by atoms with E-state index >= 15 is 0 Å². The van der Waals surface area contributed by atoms with Crippen LogP contribution in [0.5, 0.6) is 0 Å². The first kappa shape index (κ1) is 18.8. The molecule has 3 N–H and O–H groups in total. The first-order valence-electron chi connectivity index (χ1n) is 7.50. The van der Waals surface area contributed by atoms with Crippen LogP contribution in [0.15, 0.2) is 70.8 Å². The molecule has 2 aromatic rings. The monoisotopic (exact) mass is 372 g/mol. The lowest BCUT2D eigenvalue weighted by Gasteiger charge is -2.00. The normalized spacial score (nSPS) is 11.9. The van der Waals surface area contributed by atoms with E-state index in [-0.39, 0.29) is 5.96 Å². The second-order valence-corrected chi connectivity index (χ2v) is 5.90. The molecule has 4 nitrogen and oxygen atoms in total. The highest BCUT2D eigenvalue weighted by atomic mass is 35.5. The first-order chi connectivity index (χ1) is 12.1. The zero-order valence-electron chi connectivity index (χ0n) is 13.7. The van der Waals surface area contributed by atoms with Gasteiger partial charge in [-0.15, -0.1) is 0 Å². The van der Waals surface area contributed by atoms with Gasteiger partial charge in [-0.05, 0) is 47.5 Å². The standard InChI is InChI=1S/C19H18Cl2N4/c1-23-19(22)25-24-18(12-6-14-2-8-16(20)9-3-14)13-7-15-4-10-17(21)11-5-15/h2-13H,1H3,(H3,22,23,25). The number of benzene rings is 2. The minimum Gasteiger partial charge on any atom is -0.369 e. The molecule has 2 aromatic carbocycles. The second-order valence-electron chi connectivity index (χ2n) is 5.03. The Hall–Kier alpha value is -2.56. The van der Waals surface area contributed by atoms with Gasteiger partial charge in [0.25, 0.3) is 0 Å². The molecule has 0 heterocycles. The summed E-state index contributed by atoms with van der Waals surface area (Å²) >= 11 is 11.8. The van der Waals surface area contributed by atoms with Crippen molar-refractivity contribution >= 4 is 47.0 Å². The van der Waals surface area contributed by atoms with Crippen LogP contribution in [0.3, 0.4) is 0 Å². The summed E-state index contributed by atoms with van der Waals surface area (Å²) in [6, 6.07) is 15.0. The first-order valence-corrected chi connectivity index (χ1v) is 8.25. The highest BCUT2D eigenvalue weighted by Crippen LogP contribution is 2.12. The van der Waals surface area contributed by atoms with E-state index in [1.807, 2.05) is 72.8 Å². The Morgan fingerprint density at radius 1 is 0.880 bits per heavy atom. The number of aliphatic imine (C=N–C) groups is 1. The highest BCUT2D eigenvalue weighted by molar-refractivity contribution is 6.30. The van der Waals surface area contributed by atoms with Gasteiger partial charge in [-0.2, -0.15) is 5.10 Å². The third-order valence-electron chi connectivity index (χ3n) is 3.17. The van der Waals surface area contributed by atoms with Gasteiger partial charge in [-0.3, -0.25) is 4.99 Å². The number of hydrogen-bond acceptors (Lipinski definition) is 2. The molecule has 0 unspecified atom stereocenters. The molecule has 0 bridgehead atoms. The molecule has 0 aromatic heterocycles. The predicted molar refractivity (Wildman–Crippen MR) is 109 cm³/mol. The fourth-order valence-corrected chi connectivity index (χ4v) is 2.06. The molecule has 0 aliphatic heterocycles. The Bertz CT molecular complexity index is 747. The fourth-order valence-electron chi connectivity index (χ4n) is 1.81. The molecule has 0 saturated heterocycles. The number of halogens is 2. The predicted octanol–water partition coefficient (Wildman–Crippen LogP) is 4.61. The van der Waals surface area contributed by atoms with Crippen LogP contribution in [-0.4, -0.2) is 18.7 Å². The summed E-state index contributed by atoms with van der Waals surface area (Å²) < 4.78 is 0. The molecule has 0 amide bonds. The van der Waals surface area contributed by atoms with Gasteiger partial charge in [-0.25, -0.2) is 5.43 Å². The summed E-state index contributed by atoms with van der Waals surface area (Å²) in [4.78, 5) is 3.82. The number of nitrogens with zero attached hydrogens (tertiary/aromatic N) is 2. The Morgan fingerprint density at radius 2 is 1.32 bits per heavy atom. The largest absolute Gasteiger partial charge is 0.369 e. The van der Waals surface area contributed by atoms with Crippen molar-refractivity contribution in [3.63, 3.8) is 0 Å². The quantitative estimate of drug-likeness (QED) is 0.457. The Balaban J connectivity index is 2.19. The van der Waals surface area contributed by atoms with E-state index in [2.05, 4.69) is 15.5 Å².